The minimum Gasteiger partial charge on any atom is -0.383 e. The molecule has 2 saturated heterocycles. The van der Waals surface area contributed by atoms with E-state index in [-0.39, 0.29) is 11.9 Å². The first-order valence-corrected chi connectivity index (χ1v) is 10.5. The molecule has 2 fully saturated rings. The molecule has 5 heteroatoms. The van der Waals surface area contributed by atoms with Gasteiger partial charge in [-0.3, -0.25) is 9.69 Å². The predicted molar refractivity (Wildman–Crippen MR) is 114 cm³/mol. The van der Waals surface area contributed by atoms with Gasteiger partial charge in [0.2, 0.25) is 0 Å². The maximum atomic E-state index is 13.3. The number of hydrogen-bond donors (Lipinski definition) is 2. The Kier molecular flexibility index (Phi) is 4.64. The highest BCUT2D eigenvalue weighted by atomic mass is 16.3. The summed E-state index contributed by atoms with van der Waals surface area (Å²) in [6.45, 7) is 3.07. The first-order chi connectivity index (χ1) is 14.1. The molecular formula is C24H27N3O2. The van der Waals surface area contributed by atoms with Gasteiger partial charge in [0, 0.05) is 35.8 Å². The van der Waals surface area contributed by atoms with Gasteiger partial charge < -0.3 is 15.0 Å². The molecule has 5 rings (SSSR count). The van der Waals surface area contributed by atoms with Crippen LogP contribution in [-0.2, 0) is 5.60 Å². The normalized spacial score (nSPS) is 25.6. The van der Waals surface area contributed by atoms with E-state index >= 15 is 0 Å². The van der Waals surface area contributed by atoms with Crippen molar-refractivity contribution >= 4 is 16.8 Å². The highest BCUT2D eigenvalue weighted by molar-refractivity contribution is 5.98. The standard InChI is InChI=1S/C24H27N3O2/c28-23(19-8-9-21-18(16-19)10-12-25-21)27-15-11-24(29,20-6-2-1-3-7-20)22(17-27)26-13-4-5-14-26/h1-3,6-10,12,16,22,25,29H,4-5,11,13-15,17H2/t22-,24+/m1/s1. The molecule has 0 spiro atoms. The van der Waals surface area contributed by atoms with E-state index in [0.29, 0.717) is 25.1 Å². The Labute approximate surface area is 170 Å². The Morgan fingerprint density at radius 2 is 1.83 bits per heavy atom. The number of nitrogens with zero attached hydrogens (tertiary/aromatic N) is 2. The summed E-state index contributed by atoms with van der Waals surface area (Å²) >= 11 is 0. The fraction of sp³-hybridized carbons (Fsp3) is 0.375. The van der Waals surface area contributed by atoms with Crippen LogP contribution in [0.2, 0.25) is 0 Å². The third kappa shape index (κ3) is 3.24. The van der Waals surface area contributed by atoms with Crippen molar-refractivity contribution in [3.8, 4) is 0 Å². The summed E-state index contributed by atoms with van der Waals surface area (Å²) in [6, 6.07) is 17.7. The van der Waals surface area contributed by atoms with Gasteiger partial charge in [0.25, 0.3) is 5.91 Å². The number of H-pyrrole nitrogens is 1. The molecule has 2 aliphatic rings. The highest BCUT2D eigenvalue weighted by Gasteiger charge is 2.47. The van der Waals surface area contributed by atoms with Crippen molar-refractivity contribution in [2.24, 2.45) is 0 Å². The Morgan fingerprint density at radius 1 is 1.03 bits per heavy atom. The number of benzene rings is 2. The maximum Gasteiger partial charge on any atom is 0.253 e. The quantitative estimate of drug-likeness (QED) is 0.722. The minimum atomic E-state index is -0.924. The summed E-state index contributed by atoms with van der Waals surface area (Å²) in [7, 11) is 0. The van der Waals surface area contributed by atoms with Crippen molar-refractivity contribution in [3.05, 3.63) is 71.9 Å². The second-order valence-corrected chi connectivity index (χ2v) is 8.33. The number of hydrogen-bond acceptors (Lipinski definition) is 3. The molecular weight excluding hydrogens is 362 g/mol. The van der Waals surface area contributed by atoms with E-state index in [2.05, 4.69) is 9.88 Å². The molecule has 2 aliphatic heterocycles. The molecule has 29 heavy (non-hydrogen) atoms. The maximum absolute atomic E-state index is 13.3. The Morgan fingerprint density at radius 3 is 2.62 bits per heavy atom. The van der Waals surface area contributed by atoms with Gasteiger partial charge in [-0.1, -0.05) is 30.3 Å². The van der Waals surface area contributed by atoms with Crippen molar-refractivity contribution in [1.29, 1.82) is 0 Å². The van der Waals surface area contributed by atoms with Crippen LogP contribution in [0.3, 0.4) is 0 Å². The molecule has 5 nitrogen and oxygen atoms in total. The molecule has 1 amide bonds. The summed E-state index contributed by atoms with van der Waals surface area (Å²) < 4.78 is 0. The molecule has 2 atom stereocenters. The third-order valence-electron chi connectivity index (χ3n) is 6.65. The van der Waals surface area contributed by atoms with E-state index in [4.69, 9.17) is 0 Å². The van der Waals surface area contributed by atoms with Gasteiger partial charge in [0.1, 0.15) is 5.60 Å². The summed E-state index contributed by atoms with van der Waals surface area (Å²) in [5.74, 6) is 0.0485. The van der Waals surface area contributed by atoms with Crippen molar-refractivity contribution in [2.45, 2.75) is 30.9 Å². The fourth-order valence-electron chi connectivity index (χ4n) is 5.01. The lowest BCUT2D eigenvalue weighted by atomic mass is 9.79. The number of nitrogens with one attached hydrogen (secondary N) is 1. The fourth-order valence-corrected chi connectivity index (χ4v) is 5.01. The van der Waals surface area contributed by atoms with E-state index in [1.54, 1.807) is 0 Å². The lowest BCUT2D eigenvalue weighted by Crippen LogP contribution is -2.61. The summed E-state index contributed by atoms with van der Waals surface area (Å²) in [4.78, 5) is 20.8. The number of piperidine rings is 1. The molecule has 150 valence electrons. The zero-order valence-corrected chi connectivity index (χ0v) is 16.6. The van der Waals surface area contributed by atoms with Crippen LogP contribution in [0.15, 0.2) is 60.8 Å². The number of aromatic amines is 1. The lowest BCUT2D eigenvalue weighted by molar-refractivity contribution is -0.0878. The molecule has 2 aromatic carbocycles. The summed E-state index contributed by atoms with van der Waals surface area (Å²) in [6.07, 6.45) is 4.75. The van der Waals surface area contributed by atoms with Crippen molar-refractivity contribution in [1.82, 2.24) is 14.8 Å². The number of aromatic nitrogens is 1. The van der Waals surface area contributed by atoms with Gasteiger partial charge >= 0.3 is 0 Å². The summed E-state index contributed by atoms with van der Waals surface area (Å²) in [5, 5.41) is 12.8. The molecule has 0 bridgehead atoms. The number of amides is 1. The number of aliphatic hydroxyl groups is 1. The molecule has 0 unspecified atom stereocenters. The number of carbonyl (C=O) groups is 1. The molecule has 0 aliphatic carbocycles. The van der Waals surface area contributed by atoms with Crippen molar-refractivity contribution in [2.75, 3.05) is 26.2 Å². The van der Waals surface area contributed by atoms with Crippen LogP contribution in [0.25, 0.3) is 10.9 Å². The largest absolute Gasteiger partial charge is 0.383 e. The smallest absolute Gasteiger partial charge is 0.253 e. The molecule has 3 heterocycles. The Bertz CT molecular complexity index is 1010. The van der Waals surface area contributed by atoms with Gasteiger partial charge in [-0.25, -0.2) is 0 Å². The Balaban J connectivity index is 1.44. The zero-order valence-electron chi connectivity index (χ0n) is 16.6. The molecule has 0 radical (unpaired) electrons. The average Bonchev–Trinajstić information content (AvgIpc) is 3.45. The van der Waals surface area contributed by atoms with E-state index in [0.717, 1.165) is 42.4 Å². The average molecular weight is 389 g/mol. The van der Waals surface area contributed by atoms with Gasteiger partial charge in [-0.05, 0) is 62.2 Å². The summed E-state index contributed by atoms with van der Waals surface area (Å²) in [5.41, 5.74) is 1.78. The third-order valence-corrected chi connectivity index (χ3v) is 6.65. The zero-order chi connectivity index (χ0) is 19.8. The molecule has 0 saturated carbocycles. The second kappa shape index (κ2) is 7.32. The van der Waals surface area contributed by atoms with Crippen LogP contribution < -0.4 is 0 Å². The molecule has 2 N–H and O–H groups in total. The lowest BCUT2D eigenvalue weighted by Gasteiger charge is -2.48. The predicted octanol–water partition coefficient (Wildman–Crippen LogP) is 3.37. The van der Waals surface area contributed by atoms with Gasteiger partial charge in [0.05, 0.1) is 6.04 Å². The second-order valence-electron chi connectivity index (χ2n) is 8.33. The van der Waals surface area contributed by atoms with Crippen molar-refractivity contribution in [3.63, 3.8) is 0 Å². The van der Waals surface area contributed by atoms with Crippen molar-refractivity contribution < 1.29 is 9.90 Å². The van der Waals surface area contributed by atoms with Crippen LogP contribution in [0.4, 0.5) is 0 Å². The number of likely N-dealkylation sites (tertiary alicyclic amines) is 2. The van der Waals surface area contributed by atoms with Gasteiger partial charge in [0.15, 0.2) is 0 Å². The first-order valence-electron chi connectivity index (χ1n) is 10.5. The van der Waals surface area contributed by atoms with E-state index < -0.39 is 5.60 Å². The van der Waals surface area contributed by atoms with Gasteiger partial charge in [-0.15, -0.1) is 0 Å². The van der Waals surface area contributed by atoms with E-state index in [9.17, 15) is 9.90 Å². The Hall–Kier alpha value is -2.63. The molecule has 1 aromatic heterocycles. The highest BCUT2D eigenvalue weighted by Crippen LogP contribution is 2.37. The monoisotopic (exact) mass is 389 g/mol. The SMILES string of the molecule is O=C(c1ccc2[nH]ccc2c1)N1CC[C@](O)(c2ccccc2)[C@H](N2CCCC2)C1. The number of rotatable bonds is 3. The first kappa shape index (κ1) is 18.4. The number of fused-ring (bicyclic) bond motifs is 1. The van der Waals surface area contributed by atoms with Crippen LogP contribution in [-0.4, -0.2) is 58.0 Å². The topological polar surface area (TPSA) is 59.6 Å². The van der Waals surface area contributed by atoms with E-state index in [1.807, 2.05) is 65.7 Å². The molecule has 3 aromatic rings. The van der Waals surface area contributed by atoms with Crippen LogP contribution >= 0.6 is 0 Å². The van der Waals surface area contributed by atoms with Gasteiger partial charge in [-0.2, -0.15) is 0 Å². The number of carbonyl (C=O) groups excluding carboxylic acids is 1. The van der Waals surface area contributed by atoms with Crippen LogP contribution in [0.1, 0.15) is 35.2 Å². The minimum absolute atomic E-state index is 0.0485. The van der Waals surface area contributed by atoms with Crippen LogP contribution in [0, 0.1) is 0 Å². The van der Waals surface area contributed by atoms with E-state index in [1.165, 1.54) is 0 Å². The van der Waals surface area contributed by atoms with Crippen LogP contribution in [0.5, 0.6) is 0 Å².